The molecule has 1 aliphatic rings. The smallest absolute Gasteiger partial charge is 0.311 e. The van der Waals surface area contributed by atoms with Crippen molar-refractivity contribution in [2.24, 2.45) is 5.92 Å². The van der Waals surface area contributed by atoms with E-state index in [2.05, 4.69) is 17.1 Å². The topological polar surface area (TPSA) is 68.5 Å². The highest BCUT2D eigenvalue weighted by molar-refractivity contribution is 5.89. The molecule has 1 aromatic carbocycles. The fourth-order valence-electron chi connectivity index (χ4n) is 2.51. The Morgan fingerprint density at radius 2 is 1.91 bits per heavy atom. The number of piperidine rings is 1. The average molecular weight is 301 g/mol. The molecule has 2 aromatic rings. The average Bonchev–Trinajstić information content (AvgIpc) is 3.05. The predicted octanol–water partition coefficient (Wildman–Crippen LogP) is 2.62. The molecular formula is C16H19N3O3. The fraction of sp³-hybridized carbons (Fsp3) is 0.438. The van der Waals surface area contributed by atoms with Crippen LogP contribution in [-0.4, -0.2) is 41.2 Å². The maximum atomic E-state index is 12.4. The van der Waals surface area contributed by atoms with Crippen molar-refractivity contribution in [1.29, 1.82) is 0 Å². The summed E-state index contributed by atoms with van der Waals surface area (Å²) in [5.74, 6) is 1.64. The van der Waals surface area contributed by atoms with E-state index in [1.165, 1.54) is 0 Å². The molecule has 0 saturated carbocycles. The summed E-state index contributed by atoms with van der Waals surface area (Å²) in [5.41, 5.74) is 0.764. The number of methoxy groups -OCH3 is 1. The van der Waals surface area contributed by atoms with E-state index in [1.807, 2.05) is 24.3 Å². The third kappa shape index (κ3) is 2.95. The van der Waals surface area contributed by atoms with Crippen LogP contribution in [-0.2, 0) is 0 Å². The van der Waals surface area contributed by atoms with Gasteiger partial charge in [0.05, 0.1) is 7.11 Å². The lowest BCUT2D eigenvalue weighted by atomic mass is 9.99. The molecule has 0 bridgehead atoms. The number of hydrogen-bond donors (Lipinski definition) is 0. The Balaban J connectivity index is 1.73. The van der Waals surface area contributed by atoms with Gasteiger partial charge in [0.2, 0.25) is 5.89 Å². The minimum Gasteiger partial charge on any atom is -0.497 e. The van der Waals surface area contributed by atoms with Crippen molar-refractivity contribution in [1.82, 2.24) is 15.1 Å². The molecule has 6 nitrogen and oxygen atoms in total. The lowest BCUT2D eigenvalue weighted by molar-refractivity contribution is 0.0657. The van der Waals surface area contributed by atoms with Crippen LogP contribution in [0, 0.1) is 5.92 Å². The molecular weight excluding hydrogens is 282 g/mol. The van der Waals surface area contributed by atoms with Crippen molar-refractivity contribution in [2.75, 3.05) is 20.2 Å². The third-order valence-corrected chi connectivity index (χ3v) is 4.02. The first-order valence-electron chi connectivity index (χ1n) is 7.44. The van der Waals surface area contributed by atoms with Crippen molar-refractivity contribution in [2.45, 2.75) is 19.8 Å². The molecule has 1 saturated heterocycles. The number of carbonyl (C=O) groups is 1. The molecule has 0 atom stereocenters. The monoisotopic (exact) mass is 301 g/mol. The standard InChI is InChI=1S/C16H19N3O3/c1-11-7-9-19(10-8-11)16(20)15-18-17-14(22-15)12-3-5-13(21-2)6-4-12/h3-6,11H,7-10H2,1-2H3. The Morgan fingerprint density at radius 1 is 1.23 bits per heavy atom. The third-order valence-electron chi connectivity index (χ3n) is 4.02. The molecule has 1 aromatic heterocycles. The Kier molecular flexibility index (Phi) is 4.09. The van der Waals surface area contributed by atoms with Crippen molar-refractivity contribution in [3.8, 4) is 17.2 Å². The molecule has 6 heteroatoms. The van der Waals surface area contributed by atoms with Crippen LogP contribution in [0.1, 0.15) is 30.5 Å². The Hall–Kier alpha value is -2.37. The van der Waals surface area contributed by atoms with E-state index in [-0.39, 0.29) is 11.8 Å². The van der Waals surface area contributed by atoms with Gasteiger partial charge in [-0.1, -0.05) is 6.92 Å². The summed E-state index contributed by atoms with van der Waals surface area (Å²) in [6.45, 7) is 3.71. The van der Waals surface area contributed by atoms with Gasteiger partial charge >= 0.3 is 11.8 Å². The second kappa shape index (κ2) is 6.17. The Labute approximate surface area is 129 Å². The quantitative estimate of drug-likeness (QED) is 0.871. The van der Waals surface area contributed by atoms with Gasteiger partial charge in [0.15, 0.2) is 0 Å². The van der Waals surface area contributed by atoms with Gasteiger partial charge in [-0.3, -0.25) is 4.79 Å². The van der Waals surface area contributed by atoms with Gasteiger partial charge < -0.3 is 14.1 Å². The van der Waals surface area contributed by atoms with Gasteiger partial charge in [-0.05, 0) is 43.0 Å². The van der Waals surface area contributed by atoms with Crippen molar-refractivity contribution < 1.29 is 13.9 Å². The van der Waals surface area contributed by atoms with Gasteiger partial charge in [0, 0.05) is 18.7 Å². The summed E-state index contributed by atoms with van der Waals surface area (Å²) in [6, 6.07) is 7.27. The number of hydrogen-bond acceptors (Lipinski definition) is 5. The number of aromatic nitrogens is 2. The highest BCUT2D eigenvalue weighted by atomic mass is 16.5. The first-order valence-corrected chi connectivity index (χ1v) is 7.44. The molecule has 22 heavy (non-hydrogen) atoms. The van der Waals surface area contributed by atoms with E-state index in [9.17, 15) is 4.79 Å². The number of rotatable bonds is 3. The van der Waals surface area contributed by atoms with Crippen LogP contribution in [0.25, 0.3) is 11.5 Å². The van der Waals surface area contributed by atoms with E-state index < -0.39 is 0 Å². The maximum Gasteiger partial charge on any atom is 0.311 e. The van der Waals surface area contributed by atoms with Crippen LogP contribution in [0.2, 0.25) is 0 Å². The summed E-state index contributed by atoms with van der Waals surface area (Å²) in [5, 5.41) is 7.86. The van der Waals surface area contributed by atoms with Crippen LogP contribution in [0.5, 0.6) is 5.75 Å². The molecule has 1 amide bonds. The molecule has 1 fully saturated rings. The predicted molar refractivity (Wildman–Crippen MR) is 80.6 cm³/mol. The molecule has 0 unspecified atom stereocenters. The van der Waals surface area contributed by atoms with Crippen molar-refractivity contribution in [3.05, 3.63) is 30.2 Å². The second-order valence-corrected chi connectivity index (χ2v) is 5.62. The number of nitrogens with zero attached hydrogens (tertiary/aromatic N) is 3. The number of carbonyl (C=O) groups excluding carboxylic acids is 1. The van der Waals surface area contributed by atoms with Crippen molar-refractivity contribution in [3.63, 3.8) is 0 Å². The number of amides is 1. The summed E-state index contributed by atoms with van der Waals surface area (Å²) >= 11 is 0. The maximum absolute atomic E-state index is 12.4. The van der Waals surface area contributed by atoms with Gasteiger partial charge in [0.25, 0.3) is 0 Å². The van der Waals surface area contributed by atoms with E-state index in [0.29, 0.717) is 11.8 Å². The lowest BCUT2D eigenvalue weighted by Gasteiger charge is -2.29. The van der Waals surface area contributed by atoms with Gasteiger partial charge in [-0.2, -0.15) is 0 Å². The van der Waals surface area contributed by atoms with Crippen LogP contribution in [0.3, 0.4) is 0 Å². The van der Waals surface area contributed by atoms with Gasteiger partial charge in [0.1, 0.15) is 5.75 Å². The molecule has 0 spiro atoms. The zero-order valence-electron chi connectivity index (χ0n) is 12.8. The molecule has 2 heterocycles. The van der Waals surface area contributed by atoms with E-state index in [0.717, 1.165) is 37.2 Å². The Morgan fingerprint density at radius 3 is 2.55 bits per heavy atom. The van der Waals surface area contributed by atoms with Crippen LogP contribution < -0.4 is 4.74 Å². The van der Waals surface area contributed by atoms with Gasteiger partial charge in [-0.15, -0.1) is 10.2 Å². The first kappa shape index (κ1) is 14.6. The number of benzene rings is 1. The van der Waals surface area contributed by atoms with Crippen LogP contribution >= 0.6 is 0 Å². The molecule has 0 aliphatic carbocycles. The first-order chi connectivity index (χ1) is 10.7. The lowest BCUT2D eigenvalue weighted by Crippen LogP contribution is -2.38. The number of ether oxygens (including phenoxy) is 1. The van der Waals surface area contributed by atoms with E-state index >= 15 is 0 Å². The number of likely N-dealkylation sites (tertiary alicyclic amines) is 1. The second-order valence-electron chi connectivity index (χ2n) is 5.62. The Bertz CT molecular complexity index is 643. The van der Waals surface area contributed by atoms with Gasteiger partial charge in [-0.25, -0.2) is 0 Å². The normalized spacial score (nSPS) is 15.8. The zero-order valence-corrected chi connectivity index (χ0v) is 12.8. The van der Waals surface area contributed by atoms with Crippen LogP contribution in [0.4, 0.5) is 0 Å². The zero-order chi connectivity index (χ0) is 15.5. The molecule has 116 valence electrons. The van der Waals surface area contributed by atoms with E-state index in [1.54, 1.807) is 12.0 Å². The minimum atomic E-state index is -0.181. The van der Waals surface area contributed by atoms with E-state index in [4.69, 9.17) is 9.15 Å². The molecule has 0 N–H and O–H groups in total. The largest absolute Gasteiger partial charge is 0.497 e. The summed E-state index contributed by atoms with van der Waals surface area (Å²) < 4.78 is 10.6. The summed E-state index contributed by atoms with van der Waals surface area (Å²) in [4.78, 5) is 14.1. The minimum absolute atomic E-state index is 0.0559. The highest BCUT2D eigenvalue weighted by Gasteiger charge is 2.25. The fourth-order valence-corrected chi connectivity index (χ4v) is 2.51. The molecule has 1 aliphatic heterocycles. The molecule has 0 radical (unpaired) electrons. The van der Waals surface area contributed by atoms with Crippen molar-refractivity contribution >= 4 is 5.91 Å². The highest BCUT2D eigenvalue weighted by Crippen LogP contribution is 2.22. The SMILES string of the molecule is COc1ccc(-c2nnc(C(=O)N3CCC(C)CC3)o2)cc1. The summed E-state index contributed by atoms with van der Waals surface area (Å²) in [7, 11) is 1.61. The summed E-state index contributed by atoms with van der Waals surface area (Å²) in [6.07, 6.45) is 2.04. The molecule has 3 rings (SSSR count). The van der Waals surface area contributed by atoms with Crippen LogP contribution in [0.15, 0.2) is 28.7 Å².